The zero-order chi connectivity index (χ0) is 27.3. The van der Waals surface area contributed by atoms with Crippen LogP contribution in [0.4, 0.5) is 0 Å². The maximum Gasteiger partial charge on any atom is 0.308 e. The molecule has 2 N–H and O–H groups in total. The van der Waals surface area contributed by atoms with Crippen molar-refractivity contribution < 1.29 is 34.0 Å². The highest BCUT2D eigenvalue weighted by Crippen LogP contribution is 2.45. The minimum absolute atomic E-state index is 0.0183. The molecule has 0 saturated carbocycles. The van der Waals surface area contributed by atoms with Crippen LogP contribution in [0.15, 0.2) is 18.2 Å². The lowest BCUT2D eigenvalue weighted by atomic mass is 9.77. The Morgan fingerprint density at radius 2 is 1.87 bits per heavy atom. The van der Waals surface area contributed by atoms with Crippen molar-refractivity contribution in [1.29, 1.82) is 0 Å². The molecule has 0 bridgehead atoms. The molecular formula is C29H44N2O7. The van der Waals surface area contributed by atoms with E-state index >= 15 is 0 Å². The van der Waals surface area contributed by atoms with Crippen LogP contribution in [-0.4, -0.2) is 96.8 Å². The van der Waals surface area contributed by atoms with Crippen molar-refractivity contribution in [3.05, 3.63) is 29.3 Å². The van der Waals surface area contributed by atoms with Gasteiger partial charge in [-0.2, -0.15) is 0 Å². The third-order valence-corrected chi connectivity index (χ3v) is 8.23. The number of carboxylic acid groups (broad SMARTS) is 1. The molecule has 38 heavy (non-hydrogen) atoms. The lowest BCUT2D eigenvalue weighted by molar-refractivity contribution is -0.148. The van der Waals surface area contributed by atoms with Crippen molar-refractivity contribution in [3.8, 4) is 5.75 Å². The van der Waals surface area contributed by atoms with Crippen LogP contribution in [-0.2, 0) is 25.5 Å². The molecule has 0 aliphatic carbocycles. The van der Waals surface area contributed by atoms with Crippen molar-refractivity contribution in [3.63, 3.8) is 0 Å². The van der Waals surface area contributed by atoms with Gasteiger partial charge in [0, 0.05) is 50.0 Å². The molecule has 9 heteroatoms. The third kappa shape index (κ3) is 6.50. The summed E-state index contributed by atoms with van der Waals surface area (Å²) in [7, 11) is 0. The van der Waals surface area contributed by atoms with Crippen LogP contribution in [0.25, 0.3) is 0 Å². The van der Waals surface area contributed by atoms with E-state index in [1.165, 1.54) is 0 Å². The number of carbonyl (C=O) groups excluding carboxylic acids is 1. The van der Waals surface area contributed by atoms with E-state index in [0.29, 0.717) is 52.3 Å². The van der Waals surface area contributed by atoms with Crippen molar-refractivity contribution in [2.24, 2.45) is 11.3 Å². The topological polar surface area (TPSA) is 109 Å². The van der Waals surface area contributed by atoms with E-state index in [4.69, 9.17) is 14.2 Å². The largest absolute Gasteiger partial charge is 0.493 e. The first-order valence-corrected chi connectivity index (χ1v) is 14.1. The molecular weight excluding hydrogens is 488 g/mol. The molecule has 9 nitrogen and oxygen atoms in total. The van der Waals surface area contributed by atoms with E-state index in [9.17, 15) is 19.8 Å². The lowest BCUT2D eigenvalue weighted by Crippen LogP contribution is -2.47. The number of likely N-dealkylation sites (tertiary alicyclic amines) is 1. The molecule has 3 aliphatic heterocycles. The first-order chi connectivity index (χ1) is 18.2. The van der Waals surface area contributed by atoms with Gasteiger partial charge >= 0.3 is 5.97 Å². The Hall–Kier alpha value is -2.20. The number of carboxylic acids is 1. The monoisotopic (exact) mass is 532 g/mol. The minimum atomic E-state index is -0.848. The number of hydrogen-bond acceptors (Lipinski definition) is 7. The van der Waals surface area contributed by atoms with Crippen LogP contribution in [0.3, 0.4) is 0 Å². The van der Waals surface area contributed by atoms with Gasteiger partial charge in [-0.25, -0.2) is 0 Å². The molecule has 3 atom stereocenters. The SMILES string of the molecule is CCCCN(CCCO)C(=O)CN1C[C@H](c2ccc3c(c2)CCO3)C(C(=O)O)[C@@H]1CC(C)(C)C1OCCO1. The Labute approximate surface area is 226 Å². The van der Waals surface area contributed by atoms with E-state index in [-0.39, 0.29) is 31.0 Å². The molecule has 0 spiro atoms. The summed E-state index contributed by atoms with van der Waals surface area (Å²) in [4.78, 5) is 30.3. The van der Waals surface area contributed by atoms with Gasteiger partial charge in [-0.05, 0) is 36.5 Å². The number of fused-ring (bicyclic) bond motifs is 1. The van der Waals surface area contributed by atoms with Crippen LogP contribution in [0, 0.1) is 11.3 Å². The van der Waals surface area contributed by atoms with Crippen molar-refractivity contribution >= 4 is 11.9 Å². The quantitative estimate of drug-likeness (QED) is 0.399. The van der Waals surface area contributed by atoms with E-state index < -0.39 is 23.6 Å². The summed E-state index contributed by atoms with van der Waals surface area (Å²) < 4.78 is 17.3. The summed E-state index contributed by atoms with van der Waals surface area (Å²) in [6.45, 7) is 9.70. The number of aliphatic carboxylic acids is 1. The van der Waals surface area contributed by atoms with Crippen LogP contribution in [0.1, 0.15) is 63.5 Å². The van der Waals surface area contributed by atoms with Gasteiger partial charge in [0.15, 0.2) is 6.29 Å². The third-order valence-electron chi connectivity index (χ3n) is 8.23. The van der Waals surface area contributed by atoms with Gasteiger partial charge < -0.3 is 29.3 Å². The van der Waals surface area contributed by atoms with Crippen LogP contribution in [0.5, 0.6) is 5.75 Å². The number of amides is 1. The highest BCUT2D eigenvalue weighted by molar-refractivity contribution is 5.79. The molecule has 4 rings (SSSR count). The van der Waals surface area contributed by atoms with E-state index in [1.807, 2.05) is 17.0 Å². The first kappa shape index (κ1) is 28.8. The molecule has 1 aromatic rings. The van der Waals surface area contributed by atoms with E-state index in [0.717, 1.165) is 36.1 Å². The Morgan fingerprint density at radius 1 is 1.13 bits per heavy atom. The standard InChI is InChI=1S/C29H44N2O7/c1-4-5-10-30(11-6-12-32)25(33)19-31-18-22(20-7-8-24-21(16-20)9-13-36-24)26(27(34)35)23(31)17-29(2,3)28-37-14-15-38-28/h7-8,16,22-23,26,28,32H,4-6,9-15,17-19H2,1-3H3,(H,34,35)/t22-,23+,26?/m1/s1. The van der Waals surface area contributed by atoms with Crippen molar-refractivity contribution in [2.75, 3.05) is 52.6 Å². The average molecular weight is 533 g/mol. The van der Waals surface area contributed by atoms with Crippen LogP contribution >= 0.6 is 0 Å². The summed E-state index contributed by atoms with van der Waals surface area (Å²) in [5.74, 6) is -0.923. The molecule has 2 saturated heterocycles. The molecule has 1 amide bonds. The second-order valence-corrected chi connectivity index (χ2v) is 11.5. The number of unbranched alkanes of at least 4 members (excludes halogenated alkanes) is 1. The second kappa shape index (κ2) is 12.8. The highest BCUT2D eigenvalue weighted by Gasteiger charge is 2.50. The summed E-state index contributed by atoms with van der Waals surface area (Å²) in [5.41, 5.74) is 1.66. The molecule has 2 fully saturated rings. The molecule has 212 valence electrons. The Morgan fingerprint density at radius 3 is 2.55 bits per heavy atom. The molecule has 0 radical (unpaired) electrons. The number of carbonyl (C=O) groups is 2. The van der Waals surface area contributed by atoms with Crippen LogP contribution in [0.2, 0.25) is 0 Å². The summed E-state index contributed by atoms with van der Waals surface area (Å²) in [6.07, 6.45) is 3.33. The number of hydrogen-bond donors (Lipinski definition) is 2. The summed E-state index contributed by atoms with van der Waals surface area (Å²) in [6, 6.07) is 5.66. The minimum Gasteiger partial charge on any atom is -0.493 e. The number of benzene rings is 1. The number of aliphatic hydroxyl groups is 1. The Bertz CT molecular complexity index is 954. The molecule has 3 aliphatic rings. The maximum atomic E-state index is 13.5. The average Bonchev–Trinajstić information content (AvgIpc) is 3.64. The lowest BCUT2D eigenvalue weighted by Gasteiger charge is -2.37. The normalized spacial score (nSPS) is 23.9. The van der Waals surface area contributed by atoms with Crippen LogP contribution < -0.4 is 4.74 Å². The second-order valence-electron chi connectivity index (χ2n) is 11.5. The van der Waals surface area contributed by atoms with Gasteiger partial charge in [-0.3, -0.25) is 14.5 Å². The number of ether oxygens (including phenoxy) is 3. The van der Waals surface area contributed by atoms with Gasteiger partial charge in [0.25, 0.3) is 0 Å². The fraction of sp³-hybridized carbons (Fsp3) is 0.724. The number of rotatable bonds is 13. The molecule has 3 heterocycles. The smallest absolute Gasteiger partial charge is 0.308 e. The summed E-state index contributed by atoms with van der Waals surface area (Å²) >= 11 is 0. The number of nitrogens with zero attached hydrogens (tertiary/aromatic N) is 2. The fourth-order valence-electron chi connectivity index (χ4n) is 6.21. The van der Waals surface area contributed by atoms with Gasteiger partial charge in [0.2, 0.25) is 5.91 Å². The maximum absolute atomic E-state index is 13.5. The Kier molecular flexibility index (Phi) is 9.68. The van der Waals surface area contributed by atoms with Crippen molar-refractivity contribution in [2.45, 2.75) is 71.1 Å². The molecule has 0 aromatic heterocycles. The Balaban J connectivity index is 1.62. The highest BCUT2D eigenvalue weighted by atomic mass is 16.7. The van der Waals surface area contributed by atoms with Crippen molar-refractivity contribution in [1.82, 2.24) is 9.80 Å². The van der Waals surface area contributed by atoms with E-state index in [2.05, 4.69) is 31.7 Å². The molecule has 1 aromatic carbocycles. The zero-order valence-electron chi connectivity index (χ0n) is 23.1. The van der Waals surface area contributed by atoms with E-state index in [1.54, 1.807) is 0 Å². The van der Waals surface area contributed by atoms with Gasteiger partial charge in [0.05, 0.1) is 32.3 Å². The predicted molar refractivity (Wildman–Crippen MR) is 142 cm³/mol. The van der Waals surface area contributed by atoms with Gasteiger partial charge in [0.1, 0.15) is 5.75 Å². The van der Waals surface area contributed by atoms with Gasteiger partial charge in [-0.15, -0.1) is 0 Å². The van der Waals surface area contributed by atoms with Gasteiger partial charge in [-0.1, -0.05) is 39.3 Å². The first-order valence-electron chi connectivity index (χ1n) is 14.1. The zero-order valence-corrected chi connectivity index (χ0v) is 23.1. The summed E-state index contributed by atoms with van der Waals surface area (Å²) in [5, 5.41) is 19.9. The molecule has 1 unspecified atom stereocenters. The fourth-order valence-corrected chi connectivity index (χ4v) is 6.21. The predicted octanol–water partition coefficient (Wildman–Crippen LogP) is 2.89. The number of aliphatic hydroxyl groups excluding tert-OH is 1.